The number of aromatic carboxylic acids is 1. The lowest BCUT2D eigenvalue weighted by Gasteiger charge is -2.23. The molecule has 0 unspecified atom stereocenters. The van der Waals surface area contributed by atoms with E-state index in [1.54, 1.807) is 20.8 Å². The number of aromatic hydroxyl groups is 1. The van der Waals surface area contributed by atoms with Crippen molar-refractivity contribution >= 4 is 35.0 Å². The monoisotopic (exact) mass is 474 g/mol. The van der Waals surface area contributed by atoms with Crippen LogP contribution in [0.15, 0.2) is 16.2 Å². The van der Waals surface area contributed by atoms with Crippen molar-refractivity contribution < 1.29 is 38.1 Å². The highest BCUT2D eigenvalue weighted by Gasteiger charge is 2.28. The lowest BCUT2D eigenvalue weighted by molar-refractivity contribution is -0.119. The second kappa shape index (κ2) is 9.72. The maximum Gasteiger partial charge on any atom is 0.408 e. The number of nitrogens with zero attached hydrogens (tertiary/aromatic N) is 1. The SMILES string of the molecule is CC(C)(C)OC(=O)N[C@@H](CC(F)F)C(=O)Nc1ccsc1-c1nc(C(=O)O)c(O)c(=O)[nH]1. The van der Waals surface area contributed by atoms with Crippen LogP contribution in [0.2, 0.25) is 0 Å². The van der Waals surface area contributed by atoms with Crippen molar-refractivity contribution in [3.63, 3.8) is 0 Å². The molecule has 0 aliphatic heterocycles. The van der Waals surface area contributed by atoms with Gasteiger partial charge in [-0.3, -0.25) is 9.59 Å². The van der Waals surface area contributed by atoms with Crippen LogP contribution in [-0.4, -0.2) is 56.2 Å². The molecule has 11 nitrogen and oxygen atoms in total. The minimum atomic E-state index is -2.92. The quantitative estimate of drug-likeness (QED) is 0.407. The summed E-state index contributed by atoms with van der Waals surface area (Å²) in [4.78, 5) is 53.5. The minimum Gasteiger partial charge on any atom is -0.501 e. The van der Waals surface area contributed by atoms with Gasteiger partial charge in [0, 0.05) is 6.42 Å². The Morgan fingerprint density at radius 2 is 1.97 bits per heavy atom. The van der Waals surface area contributed by atoms with Crippen LogP contribution >= 0.6 is 11.3 Å². The number of alkyl carbamates (subject to hydrolysis) is 1. The van der Waals surface area contributed by atoms with Crippen molar-refractivity contribution in [3.8, 4) is 16.5 Å². The summed E-state index contributed by atoms with van der Waals surface area (Å²) in [6.45, 7) is 4.68. The molecule has 0 aliphatic rings. The highest BCUT2D eigenvalue weighted by Crippen LogP contribution is 2.32. The fourth-order valence-corrected chi connectivity index (χ4v) is 3.19. The van der Waals surface area contributed by atoms with Crippen molar-refractivity contribution in [3.05, 3.63) is 27.5 Å². The molecule has 0 bridgehead atoms. The number of amides is 2. The van der Waals surface area contributed by atoms with Crippen LogP contribution in [0.4, 0.5) is 19.3 Å². The van der Waals surface area contributed by atoms with Crippen LogP contribution in [0, 0.1) is 0 Å². The first-order valence-corrected chi connectivity index (χ1v) is 9.89. The summed E-state index contributed by atoms with van der Waals surface area (Å²) in [5, 5.41) is 24.5. The van der Waals surface area contributed by atoms with Gasteiger partial charge in [-0.1, -0.05) is 0 Å². The van der Waals surface area contributed by atoms with E-state index in [2.05, 4.69) is 20.6 Å². The summed E-state index contributed by atoms with van der Waals surface area (Å²) in [5.41, 5.74) is -2.94. The average Bonchev–Trinajstić information content (AvgIpc) is 3.09. The second-order valence-corrected chi connectivity index (χ2v) is 8.31. The first-order chi connectivity index (χ1) is 14.8. The molecule has 0 saturated heterocycles. The van der Waals surface area contributed by atoms with Gasteiger partial charge in [-0.15, -0.1) is 11.3 Å². The lowest BCUT2D eigenvalue weighted by Crippen LogP contribution is -2.46. The van der Waals surface area contributed by atoms with E-state index in [-0.39, 0.29) is 16.4 Å². The first kappa shape index (κ1) is 24.7. The fourth-order valence-electron chi connectivity index (χ4n) is 2.39. The van der Waals surface area contributed by atoms with Crippen LogP contribution in [0.5, 0.6) is 5.75 Å². The molecule has 14 heteroatoms. The van der Waals surface area contributed by atoms with Gasteiger partial charge in [0.05, 0.1) is 10.6 Å². The van der Waals surface area contributed by atoms with E-state index in [1.165, 1.54) is 11.4 Å². The van der Waals surface area contributed by atoms with Gasteiger partial charge in [-0.25, -0.2) is 23.4 Å². The Hall–Kier alpha value is -3.55. The molecule has 2 amide bonds. The average molecular weight is 474 g/mol. The Labute approximate surface area is 183 Å². The predicted molar refractivity (Wildman–Crippen MR) is 109 cm³/mol. The van der Waals surface area contributed by atoms with Gasteiger partial charge in [0.15, 0.2) is 11.5 Å². The van der Waals surface area contributed by atoms with Gasteiger partial charge < -0.3 is 30.6 Å². The molecule has 1 atom stereocenters. The number of rotatable bonds is 7. The molecule has 0 saturated carbocycles. The van der Waals surface area contributed by atoms with E-state index in [9.17, 15) is 33.1 Å². The zero-order valence-corrected chi connectivity index (χ0v) is 17.9. The van der Waals surface area contributed by atoms with Crippen LogP contribution in [0.1, 0.15) is 37.7 Å². The summed E-state index contributed by atoms with van der Waals surface area (Å²) in [6.07, 6.45) is -4.99. The summed E-state index contributed by atoms with van der Waals surface area (Å²) in [5.74, 6) is -4.03. The molecule has 2 aromatic heterocycles. The summed E-state index contributed by atoms with van der Waals surface area (Å²) in [6, 6.07) is -0.294. The van der Waals surface area contributed by atoms with Gasteiger partial charge >= 0.3 is 12.1 Å². The molecule has 174 valence electrons. The number of alkyl halides is 2. The van der Waals surface area contributed by atoms with Gasteiger partial charge in [0.1, 0.15) is 11.6 Å². The lowest BCUT2D eigenvalue weighted by atomic mass is 10.2. The molecular formula is C18H20F2N4O7S. The second-order valence-electron chi connectivity index (χ2n) is 7.40. The number of aromatic amines is 1. The van der Waals surface area contributed by atoms with Gasteiger partial charge in [-0.05, 0) is 32.2 Å². The molecule has 2 aromatic rings. The number of carbonyl (C=O) groups is 3. The largest absolute Gasteiger partial charge is 0.501 e. The van der Waals surface area contributed by atoms with Crippen LogP contribution in [-0.2, 0) is 9.53 Å². The van der Waals surface area contributed by atoms with Crippen LogP contribution < -0.4 is 16.2 Å². The number of carboxylic acids is 1. The minimum absolute atomic E-state index is 0.00966. The molecule has 0 aromatic carbocycles. The van der Waals surface area contributed by atoms with Gasteiger partial charge in [0.2, 0.25) is 18.1 Å². The number of carboxylic acid groups (broad SMARTS) is 1. The van der Waals surface area contributed by atoms with Gasteiger partial charge in [0.25, 0.3) is 5.56 Å². The molecule has 0 radical (unpaired) electrons. The Balaban J connectivity index is 2.30. The van der Waals surface area contributed by atoms with Crippen LogP contribution in [0.3, 0.4) is 0 Å². The molecule has 0 aliphatic carbocycles. The number of aromatic nitrogens is 2. The number of hydrogen-bond donors (Lipinski definition) is 5. The maximum absolute atomic E-state index is 13.0. The molecule has 0 fully saturated rings. The molecule has 32 heavy (non-hydrogen) atoms. The third-order valence-corrected chi connectivity index (χ3v) is 4.58. The first-order valence-electron chi connectivity index (χ1n) is 9.01. The normalized spacial score (nSPS) is 12.3. The van der Waals surface area contributed by atoms with Crippen molar-refractivity contribution in [2.45, 2.75) is 45.3 Å². The zero-order valence-electron chi connectivity index (χ0n) is 17.1. The Kier molecular flexibility index (Phi) is 7.51. The fraction of sp³-hybridized carbons (Fsp3) is 0.389. The number of thiophene rings is 1. The number of hydrogen-bond acceptors (Lipinski definition) is 8. The van der Waals surface area contributed by atoms with Crippen molar-refractivity contribution in [1.82, 2.24) is 15.3 Å². The van der Waals surface area contributed by atoms with Crippen molar-refractivity contribution in [1.29, 1.82) is 0 Å². The predicted octanol–water partition coefficient (Wildman–Crippen LogP) is 2.39. The standard InChI is InChI=1S/C18H20F2N4O7S/c1-18(2,3)31-17(30)22-8(6-9(19)20)14(26)21-7-4-5-32-12(7)13-23-10(16(28)29)11(25)15(27)24-13/h4-5,8-9,25H,6H2,1-3H3,(H,21,26)(H,22,30)(H,28,29)(H,23,24,27)/t8-/m0/s1. The molecule has 5 N–H and O–H groups in total. The molecule has 2 rings (SSSR count). The summed E-state index contributed by atoms with van der Waals surface area (Å²) < 4.78 is 30.9. The number of anilines is 1. The topological polar surface area (TPSA) is 171 Å². The van der Waals surface area contributed by atoms with E-state index in [4.69, 9.17) is 9.84 Å². The summed E-state index contributed by atoms with van der Waals surface area (Å²) >= 11 is 0.945. The van der Waals surface area contributed by atoms with Gasteiger partial charge in [-0.2, -0.15) is 0 Å². The maximum atomic E-state index is 13.0. The highest BCUT2D eigenvalue weighted by atomic mass is 32.1. The van der Waals surface area contributed by atoms with E-state index < -0.39 is 59.5 Å². The van der Waals surface area contributed by atoms with E-state index >= 15 is 0 Å². The highest BCUT2D eigenvalue weighted by molar-refractivity contribution is 7.14. The van der Waals surface area contributed by atoms with Crippen molar-refractivity contribution in [2.75, 3.05) is 5.32 Å². The number of halogens is 2. The molecular weight excluding hydrogens is 454 g/mol. The smallest absolute Gasteiger partial charge is 0.408 e. The van der Waals surface area contributed by atoms with E-state index in [0.717, 1.165) is 11.3 Å². The zero-order chi connectivity index (χ0) is 24.2. The number of ether oxygens (including phenoxy) is 1. The van der Waals surface area contributed by atoms with Crippen LogP contribution in [0.25, 0.3) is 10.7 Å². The van der Waals surface area contributed by atoms with E-state index in [1.807, 2.05) is 0 Å². The van der Waals surface area contributed by atoms with E-state index in [0.29, 0.717) is 0 Å². The molecule has 2 heterocycles. The Morgan fingerprint density at radius 3 is 2.53 bits per heavy atom. The summed E-state index contributed by atoms with van der Waals surface area (Å²) in [7, 11) is 0. The number of nitrogens with one attached hydrogen (secondary N) is 3. The Bertz CT molecular complexity index is 1080. The Morgan fingerprint density at radius 1 is 1.31 bits per heavy atom. The third kappa shape index (κ3) is 6.47. The number of H-pyrrole nitrogens is 1. The number of carbonyl (C=O) groups excluding carboxylic acids is 2. The van der Waals surface area contributed by atoms with Crippen molar-refractivity contribution in [2.24, 2.45) is 0 Å². The molecule has 0 spiro atoms. The third-order valence-electron chi connectivity index (χ3n) is 3.66.